The number of methoxy groups -OCH3 is 1. The van der Waals surface area contributed by atoms with Gasteiger partial charge >= 0.3 is 0 Å². The van der Waals surface area contributed by atoms with Crippen LogP contribution in [0.2, 0.25) is 0 Å². The van der Waals surface area contributed by atoms with E-state index in [1.54, 1.807) is 7.11 Å². The molecule has 0 unspecified atom stereocenters. The molecule has 0 atom stereocenters. The highest BCUT2D eigenvalue weighted by molar-refractivity contribution is 4.40. The number of unbranched alkanes of at least 4 members (excludes halogenated alkanes) is 4. The SMILES string of the molecule is CCCCCCCOC.OCCOCCOCCOCCO. The summed E-state index contributed by atoms with van der Waals surface area (Å²) in [6.45, 7) is 5.93. The Labute approximate surface area is 135 Å². The molecule has 136 valence electrons. The highest BCUT2D eigenvalue weighted by Crippen LogP contribution is 2.01. The first-order chi connectivity index (χ1) is 10.8. The number of ether oxygens (including phenoxy) is 4. The zero-order valence-corrected chi connectivity index (χ0v) is 14.4. The fraction of sp³-hybridized carbons (Fsp3) is 1.00. The average Bonchev–Trinajstić information content (AvgIpc) is 2.54. The summed E-state index contributed by atoms with van der Waals surface area (Å²) in [4.78, 5) is 0. The van der Waals surface area contributed by atoms with E-state index in [0.717, 1.165) is 6.61 Å². The minimum Gasteiger partial charge on any atom is -0.394 e. The van der Waals surface area contributed by atoms with Crippen molar-refractivity contribution in [1.29, 1.82) is 0 Å². The Kier molecular flexibility index (Phi) is 28.1. The fourth-order valence-corrected chi connectivity index (χ4v) is 1.52. The van der Waals surface area contributed by atoms with Crippen LogP contribution in [0.15, 0.2) is 0 Å². The Hall–Kier alpha value is -0.240. The number of rotatable bonds is 16. The maximum Gasteiger partial charge on any atom is 0.0701 e. The third-order valence-electron chi connectivity index (χ3n) is 2.67. The second-order valence-electron chi connectivity index (χ2n) is 4.69. The minimum atomic E-state index is 0.0413. The van der Waals surface area contributed by atoms with E-state index in [0.29, 0.717) is 39.6 Å². The van der Waals surface area contributed by atoms with E-state index >= 15 is 0 Å². The molecule has 0 spiro atoms. The van der Waals surface area contributed by atoms with Crippen molar-refractivity contribution in [2.45, 2.75) is 39.0 Å². The molecule has 0 aliphatic heterocycles. The third-order valence-corrected chi connectivity index (χ3v) is 2.67. The molecule has 0 bridgehead atoms. The molecule has 0 saturated carbocycles. The van der Waals surface area contributed by atoms with Crippen molar-refractivity contribution in [2.24, 2.45) is 0 Å². The van der Waals surface area contributed by atoms with Gasteiger partial charge in [0.1, 0.15) is 0 Å². The summed E-state index contributed by atoms with van der Waals surface area (Å²) in [6.07, 6.45) is 6.65. The zero-order chi connectivity index (χ0) is 16.7. The van der Waals surface area contributed by atoms with E-state index in [4.69, 9.17) is 29.2 Å². The Morgan fingerprint density at radius 2 is 1.05 bits per heavy atom. The van der Waals surface area contributed by atoms with Gasteiger partial charge in [0, 0.05) is 13.7 Å². The lowest BCUT2D eigenvalue weighted by atomic mass is 10.2. The smallest absolute Gasteiger partial charge is 0.0701 e. The summed E-state index contributed by atoms with van der Waals surface area (Å²) < 4.78 is 19.9. The van der Waals surface area contributed by atoms with Crippen LogP contribution in [0.4, 0.5) is 0 Å². The summed E-state index contributed by atoms with van der Waals surface area (Å²) in [5.74, 6) is 0. The molecule has 0 aromatic rings. The molecule has 0 amide bonds. The maximum absolute atomic E-state index is 8.36. The number of aliphatic hydroxyl groups excluding tert-OH is 2. The van der Waals surface area contributed by atoms with Crippen LogP contribution in [-0.4, -0.2) is 76.8 Å². The molecule has 0 aromatic heterocycles. The first kappa shape index (κ1) is 24.0. The zero-order valence-electron chi connectivity index (χ0n) is 14.4. The molecular weight excluding hydrogens is 288 g/mol. The van der Waals surface area contributed by atoms with Gasteiger partial charge < -0.3 is 29.2 Å². The molecular formula is C16H36O6. The second kappa shape index (κ2) is 25.7. The standard InChI is InChI=1S/C8H18O5.C8H18O/c9-1-3-11-5-7-13-8-6-12-4-2-10;1-3-4-5-6-7-8-9-2/h9-10H,1-8H2;3-8H2,1-2H3. The predicted molar refractivity (Wildman–Crippen MR) is 87.3 cm³/mol. The monoisotopic (exact) mass is 324 g/mol. The van der Waals surface area contributed by atoms with Gasteiger partial charge in [0.2, 0.25) is 0 Å². The first-order valence-corrected chi connectivity index (χ1v) is 8.27. The largest absolute Gasteiger partial charge is 0.394 e. The molecule has 22 heavy (non-hydrogen) atoms. The third kappa shape index (κ3) is 28.0. The van der Waals surface area contributed by atoms with Gasteiger partial charge in [-0.1, -0.05) is 32.6 Å². The number of hydrogen-bond donors (Lipinski definition) is 2. The van der Waals surface area contributed by atoms with Crippen LogP contribution in [0.1, 0.15) is 39.0 Å². The van der Waals surface area contributed by atoms with E-state index < -0.39 is 0 Å². The lowest BCUT2D eigenvalue weighted by molar-refractivity contribution is 0.00230. The summed E-state index contributed by atoms with van der Waals surface area (Å²) in [5, 5.41) is 16.7. The Bertz CT molecular complexity index is 153. The Morgan fingerprint density at radius 1 is 0.591 bits per heavy atom. The van der Waals surface area contributed by atoms with Gasteiger partial charge in [-0.05, 0) is 6.42 Å². The van der Waals surface area contributed by atoms with Crippen LogP contribution in [0.3, 0.4) is 0 Å². The number of aliphatic hydroxyl groups is 2. The molecule has 0 aromatic carbocycles. The fourth-order valence-electron chi connectivity index (χ4n) is 1.52. The topological polar surface area (TPSA) is 77.4 Å². The lowest BCUT2D eigenvalue weighted by Crippen LogP contribution is -2.11. The van der Waals surface area contributed by atoms with Crippen LogP contribution in [-0.2, 0) is 18.9 Å². The maximum atomic E-state index is 8.36. The molecule has 6 heteroatoms. The number of hydrogen-bond acceptors (Lipinski definition) is 6. The van der Waals surface area contributed by atoms with E-state index in [9.17, 15) is 0 Å². The van der Waals surface area contributed by atoms with E-state index in [2.05, 4.69) is 6.92 Å². The van der Waals surface area contributed by atoms with Gasteiger partial charge in [0.05, 0.1) is 52.9 Å². The van der Waals surface area contributed by atoms with Crippen molar-refractivity contribution in [3.8, 4) is 0 Å². The highest BCUT2D eigenvalue weighted by atomic mass is 16.5. The summed E-state index contributed by atoms with van der Waals surface area (Å²) in [7, 11) is 1.76. The van der Waals surface area contributed by atoms with Crippen LogP contribution >= 0.6 is 0 Å². The Balaban J connectivity index is 0. The van der Waals surface area contributed by atoms with E-state index in [-0.39, 0.29) is 13.2 Å². The first-order valence-electron chi connectivity index (χ1n) is 8.27. The van der Waals surface area contributed by atoms with Gasteiger partial charge in [-0.2, -0.15) is 0 Å². The van der Waals surface area contributed by atoms with Gasteiger partial charge in [0.15, 0.2) is 0 Å². The molecule has 0 aliphatic carbocycles. The van der Waals surface area contributed by atoms with Crippen LogP contribution in [0.5, 0.6) is 0 Å². The van der Waals surface area contributed by atoms with Gasteiger partial charge in [0.25, 0.3) is 0 Å². The van der Waals surface area contributed by atoms with Crippen molar-refractivity contribution in [2.75, 3.05) is 66.6 Å². The normalized spacial score (nSPS) is 10.4. The minimum absolute atomic E-state index is 0.0413. The average molecular weight is 324 g/mol. The molecule has 0 saturated heterocycles. The van der Waals surface area contributed by atoms with Crippen LogP contribution in [0, 0.1) is 0 Å². The Morgan fingerprint density at radius 3 is 1.45 bits per heavy atom. The predicted octanol–water partition coefficient (Wildman–Crippen LogP) is 1.62. The lowest BCUT2D eigenvalue weighted by Gasteiger charge is -2.04. The van der Waals surface area contributed by atoms with E-state index in [1.807, 2.05) is 0 Å². The summed E-state index contributed by atoms with van der Waals surface area (Å²) in [6, 6.07) is 0. The molecule has 2 N–H and O–H groups in total. The van der Waals surface area contributed by atoms with Crippen molar-refractivity contribution < 1.29 is 29.2 Å². The summed E-state index contributed by atoms with van der Waals surface area (Å²) in [5.41, 5.74) is 0. The second-order valence-corrected chi connectivity index (χ2v) is 4.69. The van der Waals surface area contributed by atoms with Crippen LogP contribution < -0.4 is 0 Å². The van der Waals surface area contributed by atoms with Crippen molar-refractivity contribution in [1.82, 2.24) is 0 Å². The highest BCUT2D eigenvalue weighted by Gasteiger charge is 1.90. The summed E-state index contributed by atoms with van der Waals surface area (Å²) >= 11 is 0. The molecule has 6 nitrogen and oxygen atoms in total. The van der Waals surface area contributed by atoms with Crippen molar-refractivity contribution >= 4 is 0 Å². The van der Waals surface area contributed by atoms with Gasteiger partial charge in [-0.15, -0.1) is 0 Å². The van der Waals surface area contributed by atoms with Gasteiger partial charge in [-0.3, -0.25) is 0 Å². The van der Waals surface area contributed by atoms with Crippen molar-refractivity contribution in [3.63, 3.8) is 0 Å². The molecule has 0 fully saturated rings. The molecule has 0 heterocycles. The molecule has 0 rings (SSSR count). The van der Waals surface area contributed by atoms with Crippen LogP contribution in [0.25, 0.3) is 0 Å². The molecule has 0 radical (unpaired) electrons. The van der Waals surface area contributed by atoms with Crippen molar-refractivity contribution in [3.05, 3.63) is 0 Å². The quantitative estimate of drug-likeness (QED) is 0.420. The van der Waals surface area contributed by atoms with Gasteiger partial charge in [-0.25, -0.2) is 0 Å². The molecule has 0 aliphatic rings. The van der Waals surface area contributed by atoms with E-state index in [1.165, 1.54) is 32.1 Å².